The molecule has 0 radical (unpaired) electrons. The lowest BCUT2D eigenvalue weighted by molar-refractivity contribution is 0.745. The fraction of sp³-hybridized carbons (Fsp3) is 0.700. The number of aliphatic imine (C=N–C) groups is 1. The van der Waals surface area contributed by atoms with Crippen LogP contribution in [-0.4, -0.2) is 25.6 Å². The first-order chi connectivity index (χ1) is 6.43. The lowest BCUT2D eigenvalue weighted by Gasteiger charge is -2.07. The fourth-order valence-electron chi connectivity index (χ4n) is 1.21. The minimum absolute atomic E-state index is 0.875. The maximum Gasteiger partial charge on any atom is 0.191 e. The van der Waals surface area contributed by atoms with E-state index in [1.165, 1.54) is 12.8 Å². The monoisotopic (exact) mass is 181 g/mol. The summed E-state index contributed by atoms with van der Waals surface area (Å²) in [7, 11) is 0. The van der Waals surface area contributed by atoms with Gasteiger partial charge in [0.25, 0.3) is 0 Å². The van der Waals surface area contributed by atoms with Gasteiger partial charge in [0, 0.05) is 19.6 Å². The predicted octanol–water partition coefficient (Wildman–Crippen LogP) is 1.28. The normalized spacial score (nSPS) is 17.8. The van der Waals surface area contributed by atoms with Crippen molar-refractivity contribution in [3.63, 3.8) is 0 Å². The maximum absolute atomic E-state index is 4.38. The Labute approximate surface area is 80.3 Å². The molecule has 1 heterocycles. The standard InChI is InChI=1S/C10H19N3/c1-2-3-4-7-11-10-12-8-5-6-9-13-10/h3-4H,2,5-9H2,1H3,(H2,11,12,13)/b4-3+. The summed E-state index contributed by atoms with van der Waals surface area (Å²) in [5.74, 6) is 0.957. The average molecular weight is 181 g/mol. The van der Waals surface area contributed by atoms with Gasteiger partial charge in [-0.05, 0) is 19.3 Å². The Kier molecular flexibility index (Phi) is 5.06. The summed E-state index contributed by atoms with van der Waals surface area (Å²) in [4.78, 5) is 4.38. The number of guanidine groups is 1. The van der Waals surface area contributed by atoms with Crippen molar-refractivity contribution in [3.05, 3.63) is 12.2 Å². The smallest absolute Gasteiger partial charge is 0.191 e. The molecule has 0 fully saturated rings. The molecule has 1 aliphatic rings. The first kappa shape index (κ1) is 10.1. The fourth-order valence-corrected chi connectivity index (χ4v) is 1.21. The quantitative estimate of drug-likeness (QED) is 0.643. The van der Waals surface area contributed by atoms with Crippen LogP contribution >= 0.6 is 0 Å². The number of allylic oxidation sites excluding steroid dienone is 1. The second-order valence-electron chi connectivity index (χ2n) is 3.12. The molecule has 0 atom stereocenters. The second-order valence-corrected chi connectivity index (χ2v) is 3.12. The zero-order chi connectivity index (χ0) is 9.36. The molecule has 0 saturated heterocycles. The summed E-state index contributed by atoms with van der Waals surface area (Å²) in [5, 5.41) is 6.51. The molecule has 0 unspecified atom stereocenters. The van der Waals surface area contributed by atoms with Gasteiger partial charge in [-0.15, -0.1) is 0 Å². The molecule has 74 valence electrons. The van der Waals surface area contributed by atoms with Crippen molar-refractivity contribution in [1.82, 2.24) is 10.6 Å². The van der Waals surface area contributed by atoms with E-state index in [0.29, 0.717) is 0 Å². The highest BCUT2D eigenvalue weighted by Crippen LogP contribution is 1.92. The van der Waals surface area contributed by atoms with E-state index in [1.54, 1.807) is 0 Å². The van der Waals surface area contributed by atoms with Crippen LogP contribution in [0.15, 0.2) is 17.1 Å². The van der Waals surface area contributed by atoms with Gasteiger partial charge in [-0.25, -0.2) is 0 Å². The number of nitrogens with zero attached hydrogens (tertiary/aromatic N) is 1. The highest BCUT2D eigenvalue weighted by Gasteiger charge is 1.99. The topological polar surface area (TPSA) is 36.4 Å². The van der Waals surface area contributed by atoms with Crippen molar-refractivity contribution in [2.45, 2.75) is 26.2 Å². The molecule has 1 aliphatic heterocycles. The average Bonchev–Trinajstić information content (AvgIpc) is 2.41. The van der Waals surface area contributed by atoms with Crippen LogP contribution in [0, 0.1) is 0 Å². The van der Waals surface area contributed by atoms with E-state index < -0.39 is 0 Å². The van der Waals surface area contributed by atoms with Crippen LogP contribution in [0.1, 0.15) is 26.2 Å². The Balaban J connectivity index is 2.18. The SMILES string of the molecule is CC/C=C/CNC1=NCCCCN1. The number of hydrogen-bond acceptors (Lipinski definition) is 3. The van der Waals surface area contributed by atoms with Gasteiger partial charge in [0.1, 0.15) is 0 Å². The maximum atomic E-state index is 4.38. The van der Waals surface area contributed by atoms with Gasteiger partial charge < -0.3 is 10.6 Å². The Morgan fingerprint density at radius 1 is 1.46 bits per heavy atom. The minimum Gasteiger partial charge on any atom is -0.356 e. The van der Waals surface area contributed by atoms with Crippen LogP contribution in [-0.2, 0) is 0 Å². The van der Waals surface area contributed by atoms with Crippen molar-refractivity contribution < 1.29 is 0 Å². The van der Waals surface area contributed by atoms with Crippen LogP contribution in [0.4, 0.5) is 0 Å². The summed E-state index contributed by atoms with van der Waals surface area (Å²) < 4.78 is 0. The molecule has 0 spiro atoms. The van der Waals surface area contributed by atoms with Gasteiger partial charge in [-0.1, -0.05) is 19.1 Å². The van der Waals surface area contributed by atoms with Crippen molar-refractivity contribution >= 4 is 5.96 Å². The van der Waals surface area contributed by atoms with Crippen molar-refractivity contribution in [2.75, 3.05) is 19.6 Å². The van der Waals surface area contributed by atoms with Crippen LogP contribution in [0.2, 0.25) is 0 Å². The predicted molar refractivity (Wildman–Crippen MR) is 57.0 cm³/mol. The molecule has 2 N–H and O–H groups in total. The van der Waals surface area contributed by atoms with E-state index >= 15 is 0 Å². The van der Waals surface area contributed by atoms with E-state index in [9.17, 15) is 0 Å². The van der Waals surface area contributed by atoms with Gasteiger partial charge in [-0.3, -0.25) is 4.99 Å². The zero-order valence-corrected chi connectivity index (χ0v) is 8.34. The molecule has 0 saturated carbocycles. The van der Waals surface area contributed by atoms with Crippen molar-refractivity contribution in [1.29, 1.82) is 0 Å². The summed E-state index contributed by atoms with van der Waals surface area (Å²) in [6.07, 6.45) is 7.81. The van der Waals surface area contributed by atoms with Crippen LogP contribution in [0.5, 0.6) is 0 Å². The number of nitrogens with one attached hydrogen (secondary N) is 2. The Bertz CT molecular complexity index is 185. The van der Waals surface area contributed by atoms with E-state index in [-0.39, 0.29) is 0 Å². The largest absolute Gasteiger partial charge is 0.356 e. The highest BCUT2D eigenvalue weighted by atomic mass is 15.2. The first-order valence-electron chi connectivity index (χ1n) is 5.10. The molecule has 3 heteroatoms. The summed E-state index contributed by atoms with van der Waals surface area (Å²) in [5.41, 5.74) is 0. The highest BCUT2D eigenvalue weighted by molar-refractivity contribution is 5.80. The lowest BCUT2D eigenvalue weighted by Crippen LogP contribution is -2.37. The molecule has 0 aromatic carbocycles. The molecule has 1 rings (SSSR count). The molecular weight excluding hydrogens is 162 g/mol. The van der Waals surface area contributed by atoms with Crippen molar-refractivity contribution in [3.8, 4) is 0 Å². The van der Waals surface area contributed by atoms with Gasteiger partial charge in [-0.2, -0.15) is 0 Å². The van der Waals surface area contributed by atoms with Crippen LogP contribution in [0.3, 0.4) is 0 Å². The summed E-state index contributed by atoms with van der Waals surface area (Å²) in [6, 6.07) is 0. The summed E-state index contributed by atoms with van der Waals surface area (Å²) >= 11 is 0. The summed E-state index contributed by atoms with van der Waals surface area (Å²) in [6.45, 7) is 5.01. The Hall–Kier alpha value is -0.990. The molecular formula is C10H19N3. The molecule has 0 aliphatic carbocycles. The Morgan fingerprint density at radius 2 is 2.38 bits per heavy atom. The third-order valence-corrected chi connectivity index (χ3v) is 1.94. The molecule has 13 heavy (non-hydrogen) atoms. The number of rotatable bonds is 3. The van der Waals surface area contributed by atoms with E-state index in [2.05, 4.69) is 34.7 Å². The van der Waals surface area contributed by atoms with Gasteiger partial charge >= 0.3 is 0 Å². The second kappa shape index (κ2) is 6.52. The first-order valence-corrected chi connectivity index (χ1v) is 5.10. The van der Waals surface area contributed by atoms with Crippen molar-refractivity contribution in [2.24, 2.45) is 4.99 Å². The molecule has 0 amide bonds. The zero-order valence-electron chi connectivity index (χ0n) is 8.34. The molecule has 0 aromatic rings. The van der Waals surface area contributed by atoms with Gasteiger partial charge in [0.05, 0.1) is 0 Å². The van der Waals surface area contributed by atoms with E-state index in [1.807, 2.05) is 0 Å². The third kappa shape index (κ3) is 4.55. The molecule has 0 aromatic heterocycles. The third-order valence-electron chi connectivity index (χ3n) is 1.94. The van der Waals surface area contributed by atoms with Gasteiger partial charge in [0.15, 0.2) is 5.96 Å². The Morgan fingerprint density at radius 3 is 3.23 bits per heavy atom. The van der Waals surface area contributed by atoms with Crippen LogP contribution < -0.4 is 10.6 Å². The van der Waals surface area contributed by atoms with E-state index in [4.69, 9.17) is 0 Å². The molecule has 3 nitrogen and oxygen atoms in total. The molecule has 0 bridgehead atoms. The van der Waals surface area contributed by atoms with E-state index in [0.717, 1.165) is 32.0 Å². The van der Waals surface area contributed by atoms with Crippen LogP contribution in [0.25, 0.3) is 0 Å². The number of hydrogen-bond donors (Lipinski definition) is 2. The lowest BCUT2D eigenvalue weighted by atomic mass is 10.3. The van der Waals surface area contributed by atoms with Gasteiger partial charge in [0.2, 0.25) is 0 Å². The minimum atomic E-state index is 0.875.